The normalized spacial score (nSPS) is 12.5. The molecule has 0 aromatic carbocycles. The number of rotatable bonds is 6. The summed E-state index contributed by atoms with van der Waals surface area (Å²) in [7, 11) is 0. The van der Waals surface area contributed by atoms with Crippen molar-refractivity contribution in [1.82, 2.24) is 10.3 Å². The molecule has 0 amide bonds. The Bertz CT molecular complexity index is 411. The molecule has 0 fully saturated rings. The molecule has 0 bridgehead atoms. The van der Waals surface area contributed by atoms with Crippen molar-refractivity contribution in [2.75, 3.05) is 6.54 Å². The van der Waals surface area contributed by atoms with Crippen molar-refractivity contribution < 1.29 is 0 Å². The first-order valence-corrected chi connectivity index (χ1v) is 6.99. The second-order valence-corrected chi connectivity index (χ2v) is 4.85. The summed E-state index contributed by atoms with van der Waals surface area (Å²) in [5.74, 6) is 0. The lowest BCUT2D eigenvalue weighted by Gasteiger charge is -2.17. The van der Waals surface area contributed by atoms with E-state index in [1.165, 1.54) is 11.1 Å². The van der Waals surface area contributed by atoms with Crippen LogP contribution in [0.1, 0.15) is 30.5 Å². The minimum absolute atomic E-state index is 0.411. The Balaban J connectivity index is 1.98. The molecule has 3 heteroatoms. The van der Waals surface area contributed by atoms with Gasteiger partial charge >= 0.3 is 0 Å². The summed E-state index contributed by atoms with van der Waals surface area (Å²) in [5.41, 5.74) is 2.71. The van der Waals surface area contributed by atoms with Gasteiger partial charge in [-0.05, 0) is 53.4 Å². The fourth-order valence-electron chi connectivity index (χ4n) is 1.96. The molecule has 0 radical (unpaired) electrons. The van der Waals surface area contributed by atoms with Crippen LogP contribution < -0.4 is 5.32 Å². The standard InChI is InChI=1S/C14H18N2S/c1-2-16-14(13-4-3-8-15-10-13)6-5-12-7-9-17-11-12/h3-4,7-11,14,16H,2,5-6H2,1H3. The average molecular weight is 246 g/mol. The molecule has 0 spiro atoms. The van der Waals surface area contributed by atoms with E-state index in [0.29, 0.717) is 6.04 Å². The van der Waals surface area contributed by atoms with Gasteiger partial charge in [-0.25, -0.2) is 0 Å². The van der Waals surface area contributed by atoms with Gasteiger partial charge in [-0.3, -0.25) is 4.98 Å². The molecule has 0 aliphatic carbocycles. The Morgan fingerprint density at radius 2 is 2.35 bits per heavy atom. The Labute approximate surface area is 107 Å². The Hall–Kier alpha value is -1.19. The highest BCUT2D eigenvalue weighted by Crippen LogP contribution is 2.19. The highest BCUT2D eigenvalue weighted by molar-refractivity contribution is 7.07. The molecular weight excluding hydrogens is 228 g/mol. The molecule has 0 saturated carbocycles. The smallest absolute Gasteiger partial charge is 0.0338 e. The van der Waals surface area contributed by atoms with E-state index < -0.39 is 0 Å². The van der Waals surface area contributed by atoms with Gasteiger partial charge in [0.25, 0.3) is 0 Å². The number of pyridine rings is 1. The molecule has 17 heavy (non-hydrogen) atoms. The summed E-state index contributed by atoms with van der Waals surface area (Å²) in [6.07, 6.45) is 6.03. The number of hydrogen-bond donors (Lipinski definition) is 1. The summed E-state index contributed by atoms with van der Waals surface area (Å²) in [6, 6.07) is 6.77. The van der Waals surface area contributed by atoms with E-state index in [9.17, 15) is 0 Å². The molecule has 2 aromatic rings. The third-order valence-corrected chi connectivity index (χ3v) is 3.57. The van der Waals surface area contributed by atoms with Crippen molar-refractivity contribution in [3.05, 3.63) is 52.5 Å². The van der Waals surface area contributed by atoms with Gasteiger partial charge in [0.05, 0.1) is 0 Å². The summed E-state index contributed by atoms with van der Waals surface area (Å²) >= 11 is 1.77. The zero-order chi connectivity index (χ0) is 11.9. The summed E-state index contributed by atoms with van der Waals surface area (Å²) < 4.78 is 0. The van der Waals surface area contributed by atoms with Crippen LogP contribution in [0, 0.1) is 0 Å². The van der Waals surface area contributed by atoms with Crippen LogP contribution in [0.5, 0.6) is 0 Å². The second kappa shape index (κ2) is 6.52. The number of aromatic nitrogens is 1. The van der Waals surface area contributed by atoms with E-state index >= 15 is 0 Å². The number of thiophene rings is 1. The van der Waals surface area contributed by atoms with Crippen molar-refractivity contribution in [3.8, 4) is 0 Å². The largest absolute Gasteiger partial charge is 0.310 e. The Morgan fingerprint density at radius 1 is 1.41 bits per heavy atom. The third kappa shape index (κ3) is 3.65. The van der Waals surface area contributed by atoms with Gasteiger partial charge in [0.1, 0.15) is 0 Å². The van der Waals surface area contributed by atoms with Gasteiger partial charge in [0, 0.05) is 18.4 Å². The molecule has 2 rings (SSSR count). The van der Waals surface area contributed by atoms with E-state index in [2.05, 4.69) is 40.1 Å². The van der Waals surface area contributed by atoms with E-state index in [1.807, 2.05) is 18.5 Å². The topological polar surface area (TPSA) is 24.9 Å². The Morgan fingerprint density at radius 3 is 3.00 bits per heavy atom. The summed E-state index contributed by atoms with van der Waals surface area (Å²) in [4.78, 5) is 4.19. The van der Waals surface area contributed by atoms with Crippen molar-refractivity contribution >= 4 is 11.3 Å². The van der Waals surface area contributed by atoms with Crippen LogP contribution in [0.15, 0.2) is 41.4 Å². The maximum Gasteiger partial charge on any atom is 0.0338 e. The van der Waals surface area contributed by atoms with Crippen LogP contribution in [0.25, 0.3) is 0 Å². The molecule has 90 valence electrons. The van der Waals surface area contributed by atoms with Crippen LogP contribution in [0.3, 0.4) is 0 Å². The Kier molecular flexibility index (Phi) is 4.71. The minimum atomic E-state index is 0.411. The maximum absolute atomic E-state index is 4.19. The van der Waals surface area contributed by atoms with Gasteiger partial charge in [-0.1, -0.05) is 13.0 Å². The molecule has 1 N–H and O–H groups in total. The van der Waals surface area contributed by atoms with Gasteiger partial charge < -0.3 is 5.32 Å². The van der Waals surface area contributed by atoms with Gasteiger partial charge in [0.15, 0.2) is 0 Å². The highest BCUT2D eigenvalue weighted by Gasteiger charge is 2.10. The van der Waals surface area contributed by atoms with Gasteiger partial charge in [-0.2, -0.15) is 11.3 Å². The number of hydrogen-bond acceptors (Lipinski definition) is 3. The molecule has 1 unspecified atom stereocenters. The van der Waals surface area contributed by atoms with E-state index in [4.69, 9.17) is 0 Å². The molecule has 0 saturated heterocycles. The van der Waals surface area contributed by atoms with Gasteiger partial charge in [0.2, 0.25) is 0 Å². The van der Waals surface area contributed by atoms with Crippen LogP contribution in [0.2, 0.25) is 0 Å². The van der Waals surface area contributed by atoms with Crippen LogP contribution in [0.4, 0.5) is 0 Å². The zero-order valence-electron chi connectivity index (χ0n) is 10.1. The molecular formula is C14H18N2S. The minimum Gasteiger partial charge on any atom is -0.310 e. The van der Waals surface area contributed by atoms with E-state index in [1.54, 1.807) is 11.3 Å². The van der Waals surface area contributed by atoms with Crippen molar-refractivity contribution in [2.45, 2.75) is 25.8 Å². The zero-order valence-corrected chi connectivity index (χ0v) is 10.9. The molecule has 0 aliphatic rings. The monoisotopic (exact) mass is 246 g/mol. The van der Waals surface area contributed by atoms with Crippen LogP contribution in [-0.4, -0.2) is 11.5 Å². The lowest BCUT2D eigenvalue weighted by atomic mass is 10.0. The van der Waals surface area contributed by atoms with Crippen LogP contribution >= 0.6 is 11.3 Å². The van der Waals surface area contributed by atoms with Crippen molar-refractivity contribution in [2.24, 2.45) is 0 Å². The second-order valence-electron chi connectivity index (χ2n) is 4.07. The van der Waals surface area contributed by atoms with Gasteiger partial charge in [-0.15, -0.1) is 0 Å². The number of aryl methyl sites for hydroxylation is 1. The lowest BCUT2D eigenvalue weighted by Crippen LogP contribution is -2.21. The molecule has 2 aromatic heterocycles. The summed E-state index contributed by atoms with van der Waals surface area (Å²) in [6.45, 7) is 3.14. The molecule has 2 heterocycles. The predicted octanol–water partition coefficient (Wildman–Crippen LogP) is 3.43. The third-order valence-electron chi connectivity index (χ3n) is 2.84. The number of nitrogens with zero attached hydrogens (tertiary/aromatic N) is 1. The quantitative estimate of drug-likeness (QED) is 0.844. The number of nitrogens with one attached hydrogen (secondary N) is 1. The molecule has 1 atom stereocenters. The fraction of sp³-hybridized carbons (Fsp3) is 0.357. The lowest BCUT2D eigenvalue weighted by molar-refractivity contribution is 0.514. The first-order valence-electron chi connectivity index (χ1n) is 6.04. The first kappa shape index (κ1) is 12.3. The van der Waals surface area contributed by atoms with Crippen molar-refractivity contribution in [3.63, 3.8) is 0 Å². The maximum atomic E-state index is 4.19. The van der Waals surface area contributed by atoms with E-state index in [-0.39, 0.29) is 0 Å². The fourth-order valence-corrected chi connectivity index (χ4v) is 2.66. The predicted molar refractivity (Wildman–Crippen MR) is 73.3 cm³/mol. The molecule has 0 aliphatic heterocycles. The van der Waals surface area contributed by atoms with Crippen molar-refractivity contribution in [1.29, 1.82) is 0 Å². The molecule has 2 nitrogen and oxygen atoms in total. The summed E-state index contributed by atoms with van der Waals surface area (Å²) in [5, 5.41) is 7.89. The SMILES string of the molecule is CCNC(CCc1ccsc1)c1cccnc1. The highest BCUT2D eigenvalue weighted by atomic mass is 32.1. The first-order chi connectivity index (χ1) is 8.40. The van der Waals surface area contributed by atoms with E-state index in [0.717, 1.165) is 19.4 Å². The average Bonchev–Trinajstić information content (AvgIpc) is 2.88. The van der Waals surface area contributed by atoms with Crippen LogP contribution in [-0.2, 0) is 6.42 Å².